The van der Waals surface area contributed by atoms with Crippen LogP contribution in [0, 0.1) is 6.92 Å². The van der Waals surface area contributed by atoms with Crippen LogP contribution in [0.25, 0.3) is 11.6 Å². The highest BCUT2D eigenvalue weighted by molar-refractivity contribution is 6.32. The number of methoxy groups -OCH3 is 2. The van der Waals surface area contributed by atoms with E-state index >= 15 is 0 Å². The van der Waals surface area contributed by atoms with Gasteiger partial charge in [0.1, 0.15) is 0 Å². The van der Waals surface area contributed by atoms with Crippen LogP contribution in [-0.4, -0.2) is 25.3 Å². The second kappa shape index (κ2) is 7.20. The number of ether oxygens (including phenoxy) is 2. The van der Waals surface area contributed by atoms with Crippen molar-refractivity contribution in [2.75, 3.05) is 14.2 Å². The van der Waals surface area contributed by atoms with Gasteiger partial charge in [0.05, 0.1) is 19.8 Å². The number of aliphatic carboxylic acids is 1. The summed E-state index contributed by atoms with van der Waals surface area (Å²) in [6.07, 6.45) is 1.57. The first-order valence-electron chi connectivity index (χ1n) is 6.89. The molecular weight excluding hydrogens is 316 g/mol. The van der Waals surface area contributed by atoms with Gasteiger partial charge in [-0.05, 0) is 47.9 Å². The molecule has 0 aliphatic rings. The zero-order valence-corrected chi connectivity index (χ0v) is 13.8. The Hall–Kier alpha value is -2.46. The minimum Gasteiger partial charge on any atom is -0.493 e. The summed E-state index contributed by atoms with van der Waals surface area (Å²) < 4.78 is 10.4. The maximum Gasteiger partial charge on any atom is 0.336 e. The molecule has 120 valence electrons. The fourth-order valence-electron chi connectivity index (χ4n) is 2.14. The summed E-state index contributed by atoms with van der Waals surface area (Å²) in [4.78, 5) is 11.6. The summed E-state index contributed by atoms with van der Waals surface area (Å²) in [5.74, 6) is 0.0903. The molecule has 0 spiro atoms. The Kier molecular flexibility index (Phi) is 5.29. The average Bonchev–Trinajstić information content (AvgIpc) is 2.54. The molecule has 0 bridgehead atoms. The molecule has 0 amide bonds. The van der Waals surface area contributed by atoms with Crippen LogP contribution in [0.5, 0.6) is 11.5 Å². The van der Waals surface area contributed by atoms with Gasteiger partial charge in [0, 0.05) is 5.02 Å². The maximum atomic E-state index is 11.6. The van der Waals surface area contributed by atoms with Crippen molar-refractivity contribution in [3.63, 3.8) is 0 Å². The molecule has 0 radical (unpaired) electrons. The lowest BCUT2D eigenvalue weighted by Crippen LogP contribution is -2.00. The van der Waals surface area contributed by atoms with Gasteiger partial charge >= 0.3 is 5.97 Å². The zero-order chi connectivity index (χ0) is 17.0. The van der Waals surface area contributed by atoms with E-state index in [0.717, 1.165) is 5.56 Å². The Morgan fingerprint density at radius 3 is 2.35 bits per heavy atom. The van der Waals surface area contributed by atoms with E-state index in [4.69, 9.17) is 21.1 Å². The zero-order valence-electron chi connectivity index (χ0n) is 13.1. The number of carboxylic acids is 1. The summed E-state index contributed by atoms with van der Waals surface area (Å²) in [6, 6.07) is 10.4. The van der Waals surface area contributed by atoms with Crippen LogP contribution in [0.3, 0.4) is 0 Å². The summed E-state index contributed by atoms with van der Waals surface area (Å²) in [5.41, 5.74) is 2.28. The summed E-state index contributed by atoms with van der Waals surface area (Å²) in [7, 11) is 3.08. The third kappa shape index (κ3) is 3.85. The standard InChI is InChI=1S/C18H17ClO4/c1-11-4-6-13(10-15(11)19)14(18(20)21)8-12-5-7-16(22-2)17(9-12)23-3/h4-10H,1-3H3,(H,20,21)/b14-8-. The number of aryl methyl sites for hydroxylation is 1. The molecule has 5 heteroatoms. The Morgan fingerprint density at radius 2 is 1.78 bits per heavy atom. The number of hydrogen-bond donors (Lipinski definition) is 1. The molecule has 4 nitrogen and oxygen atoms in total. The smallest absolute Gasteiger partial charge is 0.336 e. The van der Waals surface area contributed by atoms with E-state index in [0.29, 0.717) is 27.6 Å². The lowest BCUT2D eigenvalue weighted by molar-refractivity contribution is -0.130. The van der Waals surface area contributed by atoms with Crippen LogP contribution < -0.4 is 9.47 Å². The van der Waals surface area contributed by atoms with Gasteiger partial charge in [0.15, 0.2) is 11.5 Å². The van der Waals surface area contributed by atoms with Gasteiger partial charge in [-0.25, -0.2) is 4.79 Å². The predicted molar refractivity (Wildman–Crippen MR) is 91.2 cm³/mol. The van der Waals surface area contributed by atoms with Crippen LogP contribution in [0.1, 0.15) is 16.7 Å². The first kappa shape index (κ1) is 16.9. The number of benzene rings is 2. The third-order valence-electron chi connectivity index (χ3n) is 3.43. The number of rotatable bonds is 5. The highest BCUT2D eigenvalue weighted by atomic mass is 35.5. The predicted octanol–water partition coefficient (Wildman–Crippen LogP) is 4.29. The summed E-state index contributed by atoms with van der Waals surface area (Å²) >= 11 is 6.10. The first-order chi connectivity index (χ1) is 11.0. The number of carbonyl (C=O) groups is 1. The molecule has 0 aliphatic carbocycles. The molecule has 0 saturated heterocycles. The lowest BCUT2D eigenvalue weighted by atomic mass is 10.0. The Bertz CT molecular complexity index is 766. The lowest BCUT2D eigenvalue weighted by Gasteiger charge is -2.09. The third-order valence-corrected chi connectivity index (χ3v) is 3.84. The second-order valence-corrected chi connectivity index (χ2v) is 5.35. The van der Waals surface area contributed by atoms with Gasteiger partial charge in [-0.2, -0.15) is 0 Å². The van der Waals surface area contributed by atoms with Crippen LogP contribution >= 0.6 is 11.6 Å². The molecule has 0 aliphatic heterocycles. The molecule has 2 aromatic carbocycles. The quantitative estimate of drug-likeness (QED) is 0.655. The Labute approximate surface area is 139 Å². The van der Waals surface area contributed by atoms with Gasteiger partial charge < -0.3 is 14.6 Å². The van der Waals surface area contributed by atoms with Crippen molar-refractivity contribution >= 4 is 29.2 Å². The second-order valence-electron chi connectivity index (χ2n) is 4.94. The topological polar surface area (TPSA) is 55.8 Å². The van der Waals surface area contributed by atoms with Crippen LogP contribution in [0.4, 0.5) is 0 Å². The fourth-order valence-corrected chi connectivity index (χ4v) is 2.32. The van der Waals surface area contributed by atoms with Crippen molar-refractivity contribution in [2.24, 2.45) is 0 Å². The Balaban J connectivity index is 2.51. The van der Waals surface area contributed by atoms with Crippen molar-refractivity contribution < 1.29 is 19.4 Å². The van der Waals surface area contributed by atoms with Gasteiger partial charge in [0.2, 0.25) is 0 Å². The van der Waals surface area contributed by atoms with E-state index in [1.165, 1.54) is 7.11 Å². The molecule has 0 heterocycles. The van der Waals surface area contributed by atoms with Gasteiger partial charge in [-0.15, -0.1) is 0 Å². The molecular formula is C18H17ClO4. The van der Waals surface area contributed by atoms with Crippen LogP contribution in [0.15, 0.2) is 36.4 Å². The maximum absolute atomic E-state index is 11.6. The summed E-state index contributed by atoms with van der Waals surface area (Å²) in [5, 5.41) is 10.0. The van der Waals surface area contributed by atoms with Crippen LogP contribution in [-0.2, 0) is 4.79 Å². The first-order valence-corrected chi connectivity index (χ1v) is 7.27. The molecule has 0 unspecified atom stereocenters. The van der Waals surface area contributed by atoms with E-state index in [9.17, 15) is 9.90 Å². The average molecular weight is 333 g/mol. The van der Waals surface area contributed by atoms with E-state index in [1.54, 1.807) is 49.6 Å². The normalized spacial score (nSPS) is 11.2. The molecule has 2 aromatic rings. The molecule has 0 aromatic heterocycles. The number of halogens is 1. The van der Waals surface area contributed by atoms with E-state index in [-0.39, 0.29) is 5.57 Å². The highest BCUT2D eigenvalue weighted by Crippen LogP contribution is 2.30. The number of hydrogen-bond acceptors (Lipinski definition) is 3. The van der Waals surface area contributed by atoms with Gasteiger partial charge in [-0.3, -0.25) is 0 Å². The van der Waals surface area contributed by atoms with Crippen molar-refractivity contribution in [1.29, 1.82) is 0 Å². The molecule has 1 N–H and O–H groups in total. The van der Waals surface area contributed by atoms with Crippen molar-refractivity contribution in [3.05, 3.63) is 58.1 Å². The summed E-state index contributed by atoms with van der Waals surface area (Å²) in [6.45, 7) is 1.87. The van der Waals surface area contributed by atoms with Gasteiger partial charge in [-0.1, -0.05) is 29.8 Å². The molecule has 23 heavy (non-hydrogen) atoms. The monoisotopic (exact) mass is 332 g/mol. The van der Waals surface area contributed by atoms with E-state index < -0.39 is 5.97 Å². The molecule has 0 saturated carbocycles. The molecule has 0 fully saturated rings. The number of carboxylic acid groups (broad SMARTS) is 1. The van der Waals surface area contributed by atoms with E-state index in [1.807, 2.05) is 6.92 Å². The fraction of sp³-hybridized carbons (Fsp3) is 0.167. The largest absolute Gasteiger partial charge is 0.493 e. The SMILES string of the molecule is COc1ccc(/C=C(\C(=O)O)c2ccc(C)c(Cl)c2)cc1OC. The Morgan fingerprint density at radius 1 is 1.09 bits per heavy atom. The van der Waals surface area contributed by atoms with Crippen molar-refractivity contribution in [1.82, 2.24) is 0 Å². The van der Waals surface area contributed by atoms with E-state index in [2.05, 4.69) is 0 Å². The molecule has 0 atom stereocenters. The molecule has 2 rings (SSSR count). The van der Waals surface area contributed by atoms with Crippen molar-refractivity contribution in [2.45, 2.75) is 6.92 Å². The highest BCUT2D eigenvalue weighted by Gasteiger charge is 2.13. The minimum atomic E-state index is -1.03. The van der Waals surface area contributed by atoms with Crippen molar-refractivity contribution in [3.8, 4) is 11.5 Å². The van der Waals surface area contributed by atoms with Gasteiger partial charge in [0.25, 0.3) is 0 Å². The minimum absolute atomic E-state index is 0.152. The van der Waals surface area contributed by atoms with Crippen LogP contribution in [0.2, 0.25) is 5.02 Å².